The number of methoxy groups -OCH3 is 1. The Labute approximate surface area is 195 Å². The van der Waals surface area contributed by atoms with Gasteiger partial charge in [0.2, 0.25) is 0 Å². The molecule has 0 bridgehead atoms. The number of nitrogens with zero attached hydrogens (tertiary/aromatic N) is 3. The number of amides is 1. The minimum Gasteiger partial charge on any atom is -0.497 e. The quantitative estimate of drug-likeness (QED) is 0.556. The van der Waals surface area contributed by atoms with E-state index in [1.165, 1.54) is 0 Å². The van der Waals surface area contributed by atoms with Crippen LogP contribution in [-0.4, -0.2) is 59.2 Å². The van der Waals surface area contributed by atoms with Crippen molar-refractivity contribution < 1.29 is 14.3 Å². The maximum absolute atomic E-state index is 13.3. The van der Waals surface area contributed by atoms with Crippen molar-refractivity contribution in [3.63, 3.8) is 0 Å². The highest BCUT2D eigenvalue weighted by molar-refractivity contribution is 5.99. The molecule has 0 aliphatic carbocycles. The third-order valence-electron chi connectivity index (χ3n) is 6.99. The van der Waals surface area contributed by atoms with E-state index in [0.29, 0.717) is 19.1 Å². The molecule has 2 aromatic carbocycles. The highest BCUT2D eigenvalue weighted by Crippen LogP contribution is 2.30. The summed E-state index contributed by atoms with van der Waals surface area (Å²) in [6.45, 7) is 8.75. The highest BCUT2D eigenvalue weighted by atomic mass is 16.5. The van der Waals surface area contributed by atoms with E-state index in [1.807, 2.05) is 35.2 Å². The van der Waals surface area contributed by atoms with Gasteiger partial charge in [-0.1, -0.05) is 12.1 Å². The summed E-state index contributed by atoms with van der Waals surface area (Å²) in [6.07, 6.45) is 2.37. The molecule has 0 saturated carbocycles. The molecule has 0 N–H and O–H groups in total. The lowest BCUT2D eigenvalue weighted by atomic mass is 10.1. The lowest BCUT2D eigenvalue weighted by Gasteiger charge is -2.34. The Balaban J connectivity index is 1.30. The average Bonchev–Trinajstić information content (AvgIpc) is 3.20. The van der Waals surface area contributed by atoms with E-state index in [2.05, 4.69) is 41.5 Å². The van der Waals surface area contributed by atoms with Gasteiger partial charge in [-0.15, -0.1) is 0 Å². The topological polar surface area (TPSA) is 46.9 Å². The highest BCUT2D eigenvalue weighted by Gasteiger charge is 2.27. The SMILES string of the molecule is COc1cccc(CN2CCn3c(cc4cc(OC5CCN(C(C)C)CC5)ccc43)C2=O)c1. The number of hydrogen-bond donors (Lipinski definition) is 0. The predicted molar refractivity (Wildman–Crippen MR) is 130 cm³/mol. The van der Waals surface area contributed by atoms with Gasteiger partial charge in [-0.25, -0.2) is 0 Å². The zero-order chi connectivity index (χ0) is 22.9. The maximum Gasteiger partial charge on any atom is 0.270 e. The number of ether oxygens (including phenoxy) is 2. The fourth-order valence-electron chi connectivity index (χ4n) is 5.07. The number of piperidine rings is 1. The van der Waals surface area contributed by atoms with Gasteiger partial charge in [0.1, 0.15) is 23.3 Å². The van der Waals surface area contributed by atoms with Gasteiger partial charge in [0.25, 0.3) is 5.91 Å². The van der Waals surface area contributed by atoms with E-state index in [9.17, 15) is 4.79 Å². The van der Waals surface area contributed by atoms with Crippen LogP contribution in [0.4, 0.5) is 0 Å². The van der Waals surface area contributed by atoms with Gasteiger partial charge in [0.15, 0.2) is 0 Å². The lowest BCUT2D eigenvalue weighted by Crippen LogP contribution is -2.41. The molecule has 2 aliphatic heterocycles. The Bertz CT molecular complexity index is 1140. The molecule has 3 aromatic rings. The van der Waals surface area contributed by atoms with Crippen molar-refractivity contribution >= 4 is 16.8 Å². The second-order valence-corrected chi connectivity index (χ2v) is 9.43. The smallest absolute Gasteiger partial charge is 0.270 e. The third kappa shape index (κ3) is 4.44. The number of aromatic nitrogens is 1. The largest absolute Gasteiger partial charge is 0.497 e. The Kier molecular flexibility index (Phi) is 6.02. The first-order valence-electron chi connectivity index (χ1n) is 12.0. The molecule has 2 aliphatic rings. The molecular weight excluding hydrogens is 414 g/mol. The summed E-state index contributed by atoms with van der Waals surface area (Å²) >= 11 is 0. The lowest BCUT2D eigenvalue weighted by molar-refractivity contribution is 0.0693. The van der Waals surface area contributed by atoms with E-state index in [0.717, 1.165) is 66.1 Å². The minimum atomic E-state index is 0.0730. The van der Waals surface area contributed by atoms with Crippen molar-refractivity contribution in [2.45, 2.75) is 51.9 Å². The summed E-state index contributed by atoms with van der Waals surface area (Å²) < 4.78 is 13.8. The molecule has 1 fully saturated rings. The summed E-state index contributed by atoms with van der Waals surface area (Å²) in [5, 5.41) is 1.07. The number of carbonyl (C=O) groups excluding carboxylic acids is 1. The monoisotopic (exact) mass is 447 g/mol. The van der Waals surface area contributed by atoms with Gasteiger partial charge in [-0.3, -0.25) is 4.79 Å². The zero-order valence-corrected chi connectivity index (χ0v) is 19.8. The Morgan fingerprint density at radius 2 is 1.79 bits per heavy atom. The summed E-state index contributed by atoms with van der Waals surface area (Å²) in [7, 11) is 1.66. The van der Waals surface area contributed by atoms with Crippen LogP contribution in [0.1, 0.15) is 42.7 Å². The second-order valence-electron chi connectivity index (χ2n) is 9.43. The Morgan fingerprint density at radius 3 is 2.55 bits per heavy atom. The molecule has 6 nitrogen and oxygen atoms in total. The molecule has 1 aromatic heterocycles. The van der Waals surface area contributed by atoms with Crippen LogP contribution in [0, 0.1) is 0 Å². The first-order chi connectivity index (χ1) is 16.0. The van der Waals surface area contributed by atoms with Crippen LogP contribution in [0.2, 0.25) is 0 Å². The van der Waals surface area contributed by atoms with E-state index in [-0.39, 0.29) is 12.0 Å². The van der Waals surface area contributed by atoms with E-state index in [4.69, 9.17) is 9.47 Å². The second kappa shape index (κ2) is 9.10. The molecule has 174 valence electrons. The molecule has 1 amide bonds. The molecule has 6 heteroatoms. The number of benzene rings is 2. The van der Waals surface area contributed by atoms with Crippen molar-refractivity contribution in [3.8, 4) is 11.5 Å². The molecule has 0 spiro atoms. The van der Waals surface area contributed by atoms with Crippen molar-refractivity contribution in [1.82, 2.24) is 14.4 Å². The van der Waals surface area contributed by atoms with E-state index in [1.54, 1.807) is 7.11 Å². The summed E-state index contributed by atoms with van der Waals surface area (Å²) in [4.78, 5) is 17.7. The van der Waals surface area contributed by atoms with Crippen LogP contribution in [0.3, 0.4) is 0 Å². The van der Waals surface area contributed by atoms with Gasteiger partial charge >= 0.3 is 0 Å². The van der Waals surface area contributed by atoms with Crippen LogP contribution in [0.15, 0.2) is 48.5 Å². The predicted octanol–water partition coefficient (Wildman–Crippen LogP) is 4.56. The zero-order valence-electron chi connectivity index (χ0n) is 19.8. The normalized spacial score (nSPS) is 17.6. The third-order valence-corrected chi connectivity index (χ3v) is 6.99. The maximum atomic E-state index is 13.3. The molecule has 0 unspecified atom stereocenters. The van der Waals surface area contributed by atoms with Gasteiger partial charge in [-0.2, -0.15) is 0 Å². The number of rotatable bonds is 6. The molecule has 3 heterocycles. The van der Waals surface area contributed by atoms with E-state index < -0.39 is 0 Å². The number of fused-ring (bicyclic) bond motifs is 3. The molecule has 1 saturated heterocycles. The summed E-state index contributed by atoms with van der Waals surface area (Å²) in [5.41, 5.74) is 2.93. The molecule has 0 atom stereocenters. The fraction of sp³-hybridized carbons (Fsp3) is 0.444. The number of carbonyl (C=O) groups is 1. The van der Waals surface area contributed by atoms with Crippen molar-refractivity contribution in [3.05, 3.63) is 59.8 Å². The van der Waals surface area contributed by atoms with Gasteiger partial charge < -0.3 is 23.8 Å². The Morgan fingerprint density at radius 1 is 0.970 bits per heavy atom. The van der Waals surface area contributed by atoms with Crippen molar-refractivity contribution in [2.75, 3.05) is 26.7 Å². The van der Waals surface area contributed by atoms with Gasteiger partial charge in [0.05, 0.1) is 7.11 Å². The van der Waals surface area contributed by atoms with Gasteiger partial charge in [0, 0.05) is 49.7 Å². The molecule has 33 heavy (non-hydrogen) atoms. The van der Waals surface area contributed by atoms with Crippen molar-refractivity contribution in [2.24, 2.45) is 0 Å². The first kappa shape index (κ1) is 21.8. The Hall–Kier alpha value is -2.99. The van der Waals surface area contributed by atoms with Gasteiger partial charge in [-0.05, 0) is 68.7 Å². The average molecular weight is 448 g/mol. The molecular formula is C27H33N3O3. The van der Waals surface area contributed by atoms with Crippen LogP contribution >= 0.6 is 0 Å². The standard InChI is InChI=1S/C27H33N3O3/c1-19(2)28-11-9-22(10-12-28)33-24-7-8-25-21(16-24)17-26-27(31)29(13-14-30(25)26)18-20-5-4-6-23(15-20)32-3/h4-8,15-17,19,22H,9-14,18H2,1-3H3. The van der Waals surface area contributed by atoms with Crippen LogP contribution < -0.4 is 9.47 Å². The summed E-state index contributed by atoms with van der Waals surface area (Å²) in [5.74, 6) is 1.78. The fourth-order valence-corrected chi connectivity index (χ4v) is 5.07. The van der Waals surface area contributed by atoms with E-state index >= 15 is 0 Å². The molecule has 5 rings (SSSR count). The first-order valence-corrected chi connectivity index (χ1v) is 12.0. The van der Waals surface area contributed by atoms with Crippen LogP contribution in [-0.2, 0) is 13.1 Å². The number of likely N-dealkylation sites (tertiary alicyclic amines) is 1. The summed E-state index contributed by atoms with van der Waals surface area (Å²) in [6, 6.07) is 16.8. The van der Waals surface area contributed by atoms with Crippen LogP contribution in [0.5, 0.6) is 11.5 Å². The van der Waals surface area contributed by atoms with Crippen molar-refractivity contribution in [1.29, 1.82) is 0 Å². The minimum absolute atomic E-state index is 0.0730. The van der Waals surface area contributed by atoms with Crippen LogP contribution in [0.25, 0.3) is 10.9 Å². The molecule has 0 radical (unpaired) electrons. The number of hydrogen-bond acceptors (Lipinski definition) is 4.